The fourth-order valence-electron chi connectivity index (χ4n) is 1.57. The zero-order valence-electron chi connectivity index (χ0n) is 10.6. The Morgan fingerprint density at radius 2 is 2.20 bits per heavy atom. The van der Waals surface area contributed by atoms with Crippen LogP contribution in [0, 0.1) is 0 Å². The highest BCUT2D eigenvalue weighted by atomic mass is 79.9. The molecular formula is C13H11Br2N3O2. The SMILES string of the molecule is COc1cccc(CC(=O)Nc2ncc(Br)nc2Br)c1. The molecule has 0 unspecified atom stereocenters. The molecule has 1 N–H and O–H groups in total. The number of anilines is 1. The number of aromatic nitrogens is 2. The van der Waals surface area contributed by atoms with Crippen LogP contribution in [0.5, 0.6) is 5.75 Å². The number of hydrogen-bond donors (Lipinski definition) is 1. The van der Waals surface area contributed by atoms with Crippen LogP contribution in [0.2, 0.25) is 0 Å². The van der Waals surface area contributed by atoms with Crippen LogP contribution in [0.1, 0.15) is 5.56 Å². The first-order chi connectivity index (χ1) is 9.58. The first kappa shape index (κ1) is 14.9. The van der Waals surface area contributed by atoms with Gasteiger partial charge >= 0.3 is 0 Å². The molecule has 2 aromatic rings. The van der Waals surface area contributed by atoms with E-state index >= 15 is 0 Å². The maximum Gasteiger partial charge on any atom is 0.230 e. The lowest BCUT2D eigenvalue weighted by atomic mass is 10.1. The predicted octanol–water partition coefficient (Wildman–Crippen LogP) is 3.19. The van der Waals surface area contributed by atoms with E-state index in [0.717, 1.165) is 11.3 Å². The summed E-state index contributed by atoms with van der Waals surface area (Å²) in [5.41, 5.74) is 0.864. The van der Waals surface area contributed by atoms with Gasteiger partial charge in [0.1, 0.15) is 15.0 Å². The van der Waals surface area contributed by atoms with E-state index in [4.69, 9.17) is 4.74 Å². The number of carbonyl (C=O) groups excluding carboxylic acids is 1. The number of amides is 1. The van der Waals surface area contributed by atoms with E-state index in [9.17, 15) is 4.79 Å². The molecule has 0 aliphatic rings. The Morgan fingerprint density at radius 1 is 1.40 bits per heavy atom. The van der Waals surface area contributed by atoms with E-state index in [2.05, 4.69) is 47.1 Å². The van der Waals surface area contributed by atoms with Crippen LogP contribution in [-0.2, 0) is 11.2 Å². The van der Waals surface area contributed by atoms with Gasteiger partial charge in [-0.25, -0.2) is 9.97 Å². The number of halogens is 2. The van der Waals surface area contributed by atoms with E-state index < -0.39 is 0 Å². The number of benzene rings is 1. The average Bonchev–Trinajstić information content (AvgIpc) is 2.42. The Bertz CT molecular complexity index is 635. The van der Waals surface area contributed by atoms with Crippen LogP contribution >= 0.6 is 31.9 Å². The Labute approximate surface area is 133 Å². The zero-order valence-corrected chi connectivity index (χ0v) is 13.7. The molecule has 1 amide bonds. The lowest BCUT2D eigenvalue weighted by molar-refractivity contribution is -0.115. The Balaban J connectivity index is 2.05. The molecule has 5 nitrogen and oxygen atoms in total. The largest absolute Gasteiger partial charge is 0.497 e. The summed E-state index contributed by atoms with van der Waals surface area (Å²) >= 11 is 6.45. The standard InChI is InChI=1S/C13H11Br2N3O2/c1-20-9-4-2-3-8(5-9)6-11(19)18-13-12(15)17-10(14)7-16-13/h2-5,7H,6H2,1H3,(H,16,18,19). The smallest absolute Gasteiger partial charge is 0.230 e. The maximum absolute atomic E-state index is 12.0. The molecule has 2 rings (SSSR count). The minimum atomic E-state index is -0.171. The van der Waals surface area contributed by atoms with Crippen molar-refractivity contribution < 1.29 is 9.53 Å². The number of nitrogens with zero attached hydrogens (tertiary/aromatic N) is 2. The van der Waals surface area contributed by atoms with E-state index in [0.29, 0.717) is 15.0 Å². The molecule has 0 spiro atoms. The molecule has 1 heterocycles. The number of rotatable bonds is 4. The van der Waals surface area contributed by atoms with Crippen molar-refractivity contribution in [3.63, 3.8) is 0 Å². The summed E-state index contributed by atoms with van der Waals surface area (Å²) in [7, 11) is 1.59. The predicted molar refractivity (Wildman–Crippen MR) is 82.8 cm³/mol. The Hall–Kier alpha value is -1.47. The first-order valence-corrected chi connectivity index (χ1v) is 7.28. The fourth-order valence-corrected chi connectivity index (χ4v) is 2.48. The molecule has 0 aliphatic carbocycles. The topological polar surface area (TPSA) is 64.1 Å². The highest BCUT2D eigenvalue weighted by Gasteiger charge is 2.09. The zero-order chi connectivity index (χ0) is 14.5. The van der Waals surface area contributed by atoms with Gasteiger partial charge in [-0.2, -0.15) is 0 Å². The van der Waals surface area contributed by atoms with Gasteiger partial charge in [0.15, 0.2) is 5.82 Å². The molecule has 0 radical (unpaired) electrons. The van der Waals surface area contributed by atoms with Crippen LogP contribution in [0.3, 0.4) is 0 Å². The monoisotopic (exact) mass is 399 g/mol. The van der Waals surface area contributed by atoms with Crippen LogP contribution < -0.4 is 10.1 Å². The van der Waals surface area contributed by atoms with Crippen molar-refractivity contribution in [1.29, 1.82) is 0 Å². The van der Waals surface area contributed by atoms with Gasteiger partial charge < -0.3 is 10.1 Å². The summed E-state index contributed by atoms with van der Waals surface area (Å²) in [6, 6.07) is 7.36. The second kappa shape index (κ2) is 6.81. The molecule has 0 aliphatic heterocycles. The first-order valence-electron chi connectivity index (χ1n) is 5.69. The van der Waals surface area contributed by atoms with E-state index in [1.807, 2.05) is 24.3 Å². The van der Waals surface area contributed by atoms with Crippen LogP contribution in [0.4, 0.5) is 5.82 Å². The molecule has 1 aromatic carbocycles. The summed E-state index contributed by atoms with van der Waals surface area (Å²) in [5.74, 6) is 0.941. The molecule has 0 bridgehead atoms. The number of hydrogen-bond acceptors (Lipinski definition) is 4. The number of ether oxygens (including phenoxy) is 1. The van der Waals surface area contributed by atoms with Gasteiger partial charge in [0.05, 0.1) is 19.7 Å². The van der Waals surface area contributed by atoms with Crippen LogP contribution in [0.15, 0.2) is 39.7 Å². The van der Waals surface area contributed by atoms with Gasteiger partial charge in [-0.05, 0) is 49.6 Å². The molecule has 1 aromatic heterocycles. The van der Waals surface area contributed by atoms with Gasteiger partial charge in [0, 0.05) is 0 Å². The molecule has 0 saturated heterocycles. The third-order valence-corrected chi connectivity index (χ3v) is 3.39. The minimum Gasteiger partial charge on any atom is -0.497 e. The minimum absolute atomic E-state index is 0.171. The second-order valence-corrected chi connectivity index (χ2v) is 5.47. The molecule has 104 valence electrons. The molecule has 0 fully saturated rings. The van der Waals surface area contributed by atoms with Gasteiger partial charge in [-0.1, -0.05) is 12.1 Å². The van der Waals surface area contributed by atoms with Crippen molar-refractivity contribution in [2.75, 3.05) is 12.4 Å². The number of nitrogens with one attached hydrogen (secondary N) is 1. The van der Waals surface area contributed by atoms with E-state index in [1.165, 1.54) is 6.20 Å². The summed E-state index contributed by atoms with van der Waals surface area (Å²) < 4.78 is 6.19. The summed E-state index contributed by atoms with van der Waals surface area (Å²) in [6.45, 7) is 0. The molecule has 20 heavy (non-hydrogen) atoms. The third kappa shape index (κ3) is 4.01. The van der Waals surface area contributed by atoms with Gasteiger partial charge in [-0.15, -0.1) is 0 Å². The van der Waals surface area contributed by atoms with E-state index in [1.54, 1.807) is 7.11 Å². The van der Waals surface area contributed by atoms with E-state index in [-0.39, 0.29) is 12.3 Å². The highest BCUT2D eigenvalue weighted by molar-refractivity contribution is 9.11. The lowest BCUT2D eigenvalue weighted by Crippen LogP contribution is -2.16. The quantitative estimate of drug-likeness (QED) is 0.855. The van der Waals surface area contributed by atoms with Crippen LogP contribution in [-0.4, -0.2) is 23.0 Å². The summed E-state index contributed by atoms with van der Waals surface area (Å²) in [5, 5.41) is 2.70. The maximum atomic E-state index is 12.0. The van der Waals surface area contributed by atoms with Crippen molar-refractivity contribution in [2.45, 2.75) is 6.42 Å². The number of methoxy groups -OCH3 is 1. The third-order valence-electron chi connectivity index (χ3n) is 2.46. The second-order valence-electron chi connectivity index (χ2n) is 3.91. The van der Waals surface area contributed by atoms with Crippen molar-refractivity contribution in [3.05, 3.63) is 45.2 Å². The Morgan fingerprint density at radius 3 is 2.90 bits per heavy atom. The molecule has 0 saturated carbocycles. The lowest BCUT2D eigenvalue weighted by Gasteiger charge is -2.07. The van der Waals surface area contributed by atoms with Gasteiger partial charge in [-0.3, -0.25) is 4.79 Å². The average molecular weight is 401 g/mol. The number of carbonyl (C=O) groups is 1. The van der Waals surface area contributed by atoms with Crippen LogP contribution in [0.25, 0.3) is 0 Å². The molecular weight excluding hydrogens is 390 g/mol. The summed E-state index contributed by atoms with van der Waals surface area (Å²) in [6.07, 6.45) is 1.76. The molecule has 7 heteroatoms. The highest BCUT2D eigenvalue weighted by Crippen LogP contribution is 2.20. The van der Waals surface area contributed by atoms with Gasteiger partial charge in [0.2, 0.25) is 5.91 Å². The van der Waals surface area contributed by atoms with Crippen molar-refractivity contribution >= 4 is 43.6 Å². The van der Waals surface area contributed by atoms with Crippen molar-refractivity contribution in [2.24, 2.45) is 0 Å². The normalized spacial score (nSPS) is 10.2. The Kier molecular flexibility index (Phi) is 5.08. The van der Waals surface area contributed by atoms with Crippen molar-refractivity contribution in [1.82, 2.24) is 9.97 Å². The van der Waals surface area contributed by atoms with Gasteiger partial charge in [0.25, 0.3) is 0 Å². The van der Waals surface area contributed by atoms with Crippen molar-refractivity contribution in [3.8, 4) is 5.75 Å². The summed E-state index contributed by atoms with van der Waals surface area (Å²) in [4.78, 5) is 20.1. The fraction of sp³-hybridized carbons (Fsp3) is 0.154. The molecule has 0 atom stereocenters.